The Hall–Kier alpha value is -2.65. The molecule has 0 atom stereocenters. The molecule has 0 aliphatic carbocycles. The van der Waals surface area contributed by atoms with Gasteiger partial charge in [0.25, 0.3) is 5.19 Å². The molecule has 3 aromatic rings. The van der Waals surface area contributed by atoms with Gasteiger partial charge in [0.15, 0.2) is 9.84 Å². The number of sulfone groups is 1. The van der Waals surface area contributed by atoms with Crippen LogP contribution in [0.25, 0.3) is 10.2 Å². The molecule has 1 fully saturated rings. The van der Waals surface area contributed by atoms with E-state index in [1.54, 1.807) is 17.0 Å². The zero-order valence-corrected chi connectivity index (χ0v) is 19.0. The maximum absolute atomic E-state index is 12.6. The quantitative estimate of drug-likeness (QED) is 0.560. The number of piperidine rings is 1. The number of thiazole rings is 1. The minimum Gasteiger partial charge on any atom is -0.497 e. The van der Waals surface area contributed by atoms with Crippen LogP contribution in [-0.4, -0.2) is 56.3 Å². The van der Waals surface area contributed by atoms with Crippen molar-refractivity contribution in [2.24, 2.45) is 0 Å². The fourth-order valence-electron chi connectivity index (χ4n) is 3.60. The topological polar surface area (TPSA) is 85.8 Å². The van der Waals surface area contributed by atoms with E-state index in [-0.39, 0.29) is 16.9 Å². The molecule has 0 saturated carbocycles. The zero-order chi connectivity index (χ0) is 22.0. The van der Waals surface area contributed by atoms with Gasteiger partial charge in [-0.1, -0.05) is 23.5 Å². The Bertz CT molecular complexity index is 1180. The summed E-state index contributed by atoms with van der Waals surface area (Å²) in [6, 6.07) is 12.1. The number of ether oxygens (including phenoxy) is 2. The molecule has 1 amide bonds. The van der Waals surface area contributed by atoms with Crippen LogP contribution in [0.15, 0.2) is 47.4 Å². The Morgan fingerprint density at radius 2 is 1.87 bits per heavy atom. The summed E-state index contributed by atoms with van der Waals surface area (Å²) in [4.78, 5) is 18.9. The van der Waals surface area contributed by atoms with E-state index in [0.29, 0.717) is 36.9 Å². The Kier molecular flexibility index (Phi) is 6.15. The highest BCUT2D eigenvalue weighted by atomic mass is 32.2. The highest BCUT2D eigenvalue weighted by molar-refractivity contribution is 7.92. The molecule has 1 aliphatic rings. The molecule has 1 aliphatic heterocycles. The van der Waals surface area contributed by atoms with Crippen LogP contribution in [0.4, 0.5) is 0 Å². The lowest BCUT2D eigenvalue weighted by molar-refractivity contribution is -0.130. The van der Waals surface area contributed by atoms with Gasteiger partial charge in [-0.25, -0.2) is 13.4 Å². The van der Waals surface area contributed by atoms with Gasteiger partial charge in [-0.05, 0) is 42.8 Å². The minimum atomic E-state index is -3.70. The van der Waals surface area contributed by atoms with Gasteiger partial charge in [-0.15, -0.1) is 0 Å². The maximum Gasteiger partial charge on any atom is 0.274 e. The number of likely N-dealkylation sites (tertiary alicyclic amines) is 1. The van der Waals surface area contributed by atoms with Crippen molar-refractivity contribution in [3.8, 4) is 10.9 Å². The number of carbonyl (C=O) groups is 1. The van der Waals surface area contributed by atoms with E-state index in [0.717, 1.165) is 15.8 Å². The molecule has 1 saturated heterocycles. The summed E-state index contributed by atoms with van der Waals surface area (Å²) < 4.78 is 37.4. The van der Waals surface area contributed by atoms with Crippen LogP contribution < -0.4 is 9.47 Å². The number of carbonyl (C=O) groups excluding carboxylic acids is 1. The lowest BCUT2D eigenvalue weighted by Gasteiger charge is -2.31. The first-order chi connectivity index (χ1) is 14.9. The molecular formula is C22H24N2O5S2. The predicted molar refractivity (Wildman–Crippen MR) is 120 cm³/mol. The number of amides is 1. The Labute approximate surface area is 185 Å². The number of rotatable bonds is 6. The van der Waals surface area contributed by atoms with E-state index in [4.69, 9.17) is 9.47 Å². The third kappa shape index (κ3) is 4.83. The maximum atomic E-state index is 12.6. The van der Waals surface area contributed by atoms with Crippen molar-refractivity contribution in [1.29, 1.82) is 0 Å². The fraction of sp³-hybridized carbons (Fsp3) is 0.364. The van der Waals surface area contributed by atoms with Crippen molar-refractivity contribution in [2.75, 3.05) is 26.0 Å². The predicted octanol–water partition coefficient (Wildman–Crippen LogP) is 3.46. The highest BCUT2D eigenvalue weighted by Gasteiger charge is 2.28. The monoisotopic (exact) mass is 460 g/mol. The number of methoxy groups -OCH3 is 1. The van der Waals surface area contributed by atoms with E-state index < -0.39 is 15.6 Å². The molecule has 0 spiro atoms. The molecule has 0 N–H and O–H groups in total. The zero-order valence-electron chi connectivity index (χ0n) is 17.4. The van der Waals surface area contributed by atoms with E-state index in [9.17, 15) is 13.2 Å². The van der Waals surface area contributed by atoms with Crippen LogP contribution in [-0.2, 0) is 14.6 Å². The Morgan fingerprint density at radius 3 is 2.52 bits per heavy atom. The molecule has 2 heterocycles. The average Bonchev–Trinajstić information content (AvgIpc) is 3.18. The van der Waals surface area contributed by atoms with Crippen LogP contribution in [0, 0.1) is 6.92 Å². The van der Waals surface area contributed by atoms with Gasteiger partial charge in [0.2, 0.25) is 5.91 Å². The summed E-state index contributed by atoms with van der Waals surface area (Å²) in [6.07, 6.45) is 1.25. The molecule has 31 heavy (non-hydrogen) atoms. The summed E-state index contributed by atoms with van der Waals surface area (Å²) in [7, 11) is -2.19. The number of hydrogen-bond acceptors (Lipinski definition) is 7. The van der Waals surface area contributed by atoms with Gasteiger partial charge in [-0.2, -0.15) is 0 Å². The lowest BCUT2D eigenvalue weighted by atomic mass is 10.1. The number of aromatic nitrogens is 1. The van der Waals surface area contributed by atoms with Gasteiger partial charge in [0.1, 0.15) is 17.6 Å². The molecule has 0 bridgehead atoms. The molecule has 0 radical (unpaired) electrons. The van der Waals surface area contributed by atoms with Crippen LogP contribution in [0.3, 0.4) is 0 Å². The van der Waals surface area contributed by atoms with Crippen molar-refractivity contribution >= 4 is 37.3 Å². The third-order valence-corrected chi connectivity index (χ3v) is 7.92. The van der Waals surface area contributed by atoms with Crippen molar-refractivity contribution in [3.63, 3.8) is 0 Å². The normalized spacial score (nSPS) is 15.2. The second kappa shape index (κ2) is 8.84. The first kappa shape index (κ1) is 21.6. The van der Waals surface area contributed by atoms with E-state index >= 15 is 0 Å². The molecule has 7 nitrogen and oxygen atoms in total. The summed E-state index contributed by atoms with van der Waals surface area (Å²) in [5.74, 6) is -0.359. The summed E-state index contributed by atoms with van der Waals surface area (Å²) >= 11 is 1.52. The van der Waals surface area contributed by atoms with E-state index in [1.165, 1.54) is 30.6 Å². The lowest BCUT2D eigenvalue weighted by Crippen LogP contribution is -2.44. The standard InChI is InChI=1S/C22H24N2O5S2/c1-15-4-3-5-19-21(15)23-22(30-19)29-17-10-12-24(13-11-17)20(25)14-31(26,27)18-8-6-16(28-2)7-9-18/h3-9,17H,10-14H2,1-2H3. The minimum absolute atomic E-state index is 0.0388. The smallest absolute Gasteiger partial charge is 0.274 e. The molecule has 4 rings (SSSR count). The van der Waals surface area contributed by atoms with Crippen LogP contribution in [0.5, 0.6) is 10.9 Å². The second-order valence-electron chi connectivity index (χ2n) is 7.53. The molecule has 2 aromatic carbocycles. The first-order valence-electron chi connectivity index (χ1n) is 10.0. The number of hydrogen-bond donors (Lipinski definition) is 0. The van der Waals surface area contributed by atoms with Gasteiger partial charge < -0.3 is 14.4 Å². The van der Waals surface area contributed by atoms with Crippen molar-refractivity contribution < 1.29 is 22.7 Å². The van der Waals surface area contributed by atoms with Gasteiger partial charge >= 0.3 is 0 Å². The highest BCUT2D eigenvalue weighted by Crippen LogP contribution is 2.31. The number of aryl methyl sites for hydroxylation is 1. The summed E-state index contributed by atoms with van der Waals surface area (Å²) in [5, 5.41) is 0.635. The number of nitrogens with zero attached hydrogens (tertiary/aromatic N) is 2. The summed E-state index contributed by atoms with van der Waals surface area (Å²) in [5.41, 5.74) is 2.07. The molecule has 0 unspecified atom stereocenters. The van der Waals surface area contributed by atoms with E-state index in [1.807, 2.05) is 25.1 Å². The average molecular weight is 461 g/mol. The number of fused-ring (bicyclic) bond motifs is 1. The Morgan fingerprint density at radius 1 is 1.16 bits per heavy atom. The van der Waals surface area contributed by atoms with Gasteiger partial charge in [-0.3, -0.25) is 4.79 Å². The molecule has 9 heteroatoms. The van der Waals surface area contributed by atoms with Crippen molar-refractivity contribution in [2.45, 2.75) is 30.8 Å². The van der Waals surface area contributed by atoms with E-state index in [2.05, 4.69) is 4.98 Å². The largest absolute Gasteiger partial charge is 0.497 e. The third-order valence-electron chi connectivity index (χ3n) is 5.40. The van der Waals surface area contributed by atoms with Crippen LogP contribution >= 0.6 is 11.3 Å². The Balaban J connectivity index is 1.33. The molecule has 1 aromatic heterocycles. The summed E-state index contributed by atoms with van der Waals surface area (Å²) in [6.45, 7) is 2.95. The first-order valence-corrected chi connectivity index (χ1v) is 12.5. The number of para-hydroxylation sites is 1. The van der Waals surface area contributed by atoms with Crippen molar-refractivity contribution in [3.05, 3.63) is 48.0 Å². The molecule has 164 valence electrons. The van der Waals surface area contributed by atoms with Crippen molar-refractivity contribution in [1.82, 2.24) is 9.88 Å². The van der Waals surface area contributed by atoms with Gasteiger partial charge in [0, 0.05) is 25.9 Å². The van der Waals surface area contributed by atoms with Crippen LogP contribution in [0.2, 0.25) is 0 Å². The fourth-order valence-corrected chi connectivity index (χ4v) is 5.79. The SMILES string of the molecule is COc1ccc(S(=O)(=O)CC(=O)N2CCC(Oc3nc4c(C)cccc4s3)CC2)cc1. The van der Waals surface area contributed by atoms with Gasteiger partial charge in [0.05, 0.1) is 22.2 Å². The second-order valence-corrected chi connectivity index (χ2v) is 10.5. The molecular weight excluding hydrogens is 436 g/mol. The number of benzene rings is 2. The van der Waals surface area contributed by atoms with Crippen LogP contribution in [0.1, 0.15) is 18.4 Å².